The summed E-state index contributed by atoms with van der Waals surface area (Å²) in [4.78, 5) is 26.7. The summed E-state index contributed by atoms with van der Waals surface area (Å²) in [6, 6.07) is 14.6. The number of ether oxygens (including phenoxy) is 1. The molecular formula is C28H20F3N7O2. The van der Waals surface area contributed by atoms with E-state index in [0.717, 1.165) is 0 Å². The van der Waals surface area contributed by atoms with Crippen LogP contribution in [0.3, 0.4) is 0 Å². The zero-order valence-electron chi connectivity index (χ0n) is 21.1. The highest BCUT2D eigenvalue weighted by atomic mass is 19.2. The fourth-order valence-electron chi connectivity index (χ4n) is 4.75. The fraction of sp³-hybridized carbons (Fsp3) is 0.107. The zero-order chi connectivity index (χ0) is 28.1. The van der Waals surface area contributed by atoms with Crippen LogP contribution >= 0.6 is 0 Å². The molecule has 0 unspecified atom stereocenters. The van der Waals surface area contributed by atoms with Crippen LogP contribution in [-0.2, 0) is 0 Å². The average Bonchev–Trinajstić information content (AvgIpc) is 3.35. The van der Waals surface area contributed by atoms with Crippen LogP contribution in [0.1, 0.15) is 18.8 Å². The van der Waals surface area contributed by atoms with Crippen LogP contribution in [0, 0.1) is 17.5 Å². The van der Waals surface area contributed by atoms with Crippen molar-refractivity contribution in [2.45, 2.75) is 13.0 Å². The van der Waals surface area contributed by atoms with Gasteiger partial charge in [0.25, 0.3) is 5.56 Å². The van der Waals surface area contributed by atoms with E-state index in [1.807, 2.05) is 0 Å². The predicted octanol–water partition coefficient (Wildman–Crippen LogP) is 4.81. The number of hydrogen-bond donors (Lipinski definition) is 1. The molecule has 1 atom stereocenters. The van der Waals surface area contributed by atoms with E-state index in [-0.39, 0.29) is 50.6 Å². The molecule has 3 heterocycles. The van der Waals surface area contributed by atoms with Crippen LogP contribution < -0.4 is 16.0 Å². The Morgan fingerprint density at radius 2 is 1.70 bits per heavy atom. The summed E-state index contributed by atoms with van der Waals surface area (Å²) >= 11 is 0. The summed E-state index contributed by atoms with van der Waals surface area (Å²) in [6.45, 7) is 1.70. The van der Waals surface area contributed by atoms with Gasteiger partial charge in [0.2, 0.25) is 5.82 Å². The van der Waals surface area contributed by atoms with Crippen LogP contribution in [0.25, 0.3) is 38.9 Å². The Kier molecular flexibility index (Phi) is 5.94. The van der Waals surface area contributed by atoms with E-state index < -0.39 is 29.1 Å². The van der Waals surface area contributed by atoms with Crippen LogP contribution in [-0.4, -0.2) is 36.4 Å². The van der Waals surface area contributed by atoms with Gasteiger partial charge < -0.3 is 10.5 Å². The lowest BCUT2D eigenvalue weighted by Crippen LogP contribution is -2.28. The number of aromatic nitrogens is 6. The molecule has 0 aliphatic carbocycles. The number of anilines is 1. The van der Waals surface area contributed by atoms with Crippen molar-refractivity contribution in [1.82, 2.24) is 29.3 Å². The van der Waals surface area contributed by atoms with E-state index in [1.54, 1.807) is 37.3 Å². The Balaban J connectivity index is 1.65. The molecule has 6 rings (SSSR count). The zero-order valence-corrected chi connectivity index (χ0v) is 21.1. The van der Waals surface area contributed by atoms with E-state index in [0.29, 0.717) is 5.69 Å². The normalized spacial score (nSPS) is 12.2. The third-order valence-corrected chi connectivity index (χ3v) is 6.67. The number of rotatable bonds is 5. The van der Waals surface area contributed by atoms with Gasteiger partial charge in [-0.05, 0) is 43.3 Å². The minimum atomic E-state index is -1.19. The fourth-order valence-corrected chi connectivity index (χ4v) is 4.75. The number of para-hydroxylation sites is 1. The first kappa shape index (κ1) is 25.0. The van der Waals surface area contributed by atoms with E-state index in [4.69, 9.17) is 10.5 Å². The highest BCUT2D eigenvalue weighted by molar-refractivity contribution is 5.98. The second-order valence-corrected chi connectivity index (χ2v) is 8.95. The molecule has 0 amide bonds. The largest absolute Gasteiger partial charge is 0.494 e. The van der Waals surface area contributed by atoms with Crippen molar-refractivity contribution >= 4 is 27.8 Å². The quantitative estimate of drug-likeness (QED) is 0.332. The molecule has 0 spiro atoms. The van der Waals surface area contributed by atoms with Crippen molar-refractivity contribution in [2.24, 2.45) is 0 Å². The molecule has 9 nitrogen and oxygen atoms in total. The first-order chi connectivity index (χ1) is 19.3. The Morgan fingerprint density at radius 1 is 0.925 bits per heavy atom. The summed E-state index contributed by atoms with van der Waals surface area (Å²) in [6.07, 6.45) is 1.21. The molecule has 3 aromatic heterocycles. The highest BCUT2D eigenvalue weighted by Crippen LogP contribution is 2.36. The standard InChI is InChI=1S/C28H20F3N7O2/c1-14(26-35-18-10-6-9-17(29)20(18)28(39)37(26)15-7-4-3-5-8-15)38-27-21(25(32)33-13-34-27)24(36-38)16-11-12-19(40-2)23(31)22(16)30/h3-14H,1-2H3,(H2,32,33,34)/t14-/m0/s1. The lowest BCUT2D eigenvalue weighted by Gasteiger charge is -2.19. The highest BCUT2D eigenvalue weighted by Gasteiger charge is 2.28. The number of benzene rings is 3. The van der Waals surface area contributed by atoms with Gasteiger partial charge in [0, 0.05) is 5.56 Å². The van der Waals surface area contributed by atoms with Crippen molar-refractivity contribution in [3.05, 3.63) is 101 Å². The average molecular weight is 544 g/mol. The Labute approximate surface area is 224 Å². The number of hydrogen-bond acceptors (Lipinski definition) is 7. The van der Waals surface area contributed by atoms with E-state index >= 15 is 4.39 Å². The predicted molar refractivity (Wildman–Crippen MR) is 143 cm³/mol. The number of methoxy groups -OCH3 is 1. The first-order valence-electron chi connectivity index (χ1n) is 12.1. The SMILES string of the molecule is COc1ccc(-c2nn([C@@H](C)c3nc4cccc(F)c4c(=O)n3-c3ccccc3)c3ncnc(N)c23)c(F)c1F. The maximum atomic E-state index is 15.2. The molecule has 0 fully saturated rings. The molecular weight excluding hydrogens is 523 g/mol. The van der Waals surface area contributed by atoms with Crippen LogP contribution in [0.2, 0.25) is 0 Å². The Hall–Kier alpha value is -5.26. The molecule has 0 aliphatic heterocycles. The molecule has 40 heavy (non-hydrogen) atoms. The molecule has 6 aromatic rings. The van der Waals surface area contributed by atoms with Gasteiger partial charge in [-0.1, -0.05) is 24.3 Å². The second kappa shape index (κ2) is 9.49. The lowest BCUT2D eigenvalue weighted by molar-refractivity contribution is 0.372. The Morgan fingerprint density at radius 3 is 2.45 bits per heavy atom. The Bertz CT molecular complexity index is 1990. The molecule has 0 aliphatic rings. The third-order valence-electron chi connectivity index (χ3n) is 6.67. The second-order valence-electron chi connectivity index (χ2n) is 8.95. The topological polar surface area (TPSA) is 114 Å². The number of nitrogens with two attached hydrogens (primary N) is 1. The maximum Gasteiger partial charge on any atom is 0.269 e. The summed E-state index contributed by atoms with van der Waals surface area (Å²) in [5, 5.41) is 4.58. The van der Waals surface area contributed by atoms with Gasteiger partial charge >= 0.3 is 0 Å². The van der Waals surface area contributed by atoms with Crippen LogP contribution in [0.5, 0.6) is 5.75 Å². The summed E-state index contributed by atoms with van der Waals surface area (Å²) in [5.74, 6) is -3.18. The molecule has 0 saturated carbocycles. The smallest absolute Gasteiger partial charge is 0.269 e. The monoisotopic (exact) mass is 543 g/mol. The first-order valence-corrected chi connectivity index (χ1v) is 12.1. The van der Waals surface area contributed by atoms with Gasteiger partial charge in [0.1, 0.15) is 40.9 Å². The van der Waals surface area contributed by atoms with Gasteiger partial charge in [-0.25, -0.2) is 28.4 Å². The molecule has 2 N–H and O–H groups in total. The van der Waals surface area contributed by atoms with Crippen molar-refractivity contribution in [3.8, 4) is 22.7 Å². The maximum absolute atomic E-state index is 15.2. The number of nitrogens with zero attached hydrogens (tertiary/aromatic N) is 6. The van der Waals surface area contributed by atoms with Crippen LogP contribution in [0.15, 0.2) is 71.8 Å². The minimum Gasteiger partial charge on any atom is -0.494 e. The van der Waals surface area contributed by atoms with Gasteiger partial charge in [-0.15, -0.1) is 0 Å². The summed E-state index contributed by atoms with van der Waals surface area (Å²) in [7, 11) is 1.23. The van der Waals surface area contributed by atoms with E-state index in [2.05, 4.69) is 20.1 Å². The van der Waals surface area contributed by atoms with E-state index in [9.17, 15) is 13.6 Å². The van der Waals surface area contributed by atoms with Gasteiger partial charge in [-0.3, -0.25) is 9.36 Å². The molecule has 12 heteroatoms. The van der Waals surface area contributed by atoms with Gasteiger partial charge in [-0.2, -0.15) is 9.49 Å². The summed E-state index contributed by atoms with van der Waals surface area (Å²) < 4.78 is 52.2. The molecule has 0 saturated heterocycles. The van der Waals surface area contributed by atoms with Crippen molar-refractivity contribution in [2.75, 3.05) is 12.8 Å². The minimum absolute atomic E-state index is 0.0110. The van der Waals surface area contributed by atoms with Gasteiger partial charge in [0.05, 0.1) is 23.7 Å². The molecule has 200 valence electrons. The molecule has 0 bridgehead atoms. The number of halogens is 3. The molecule has 0 radical (unpaired) electrons. The molecule has 3 aromatic carbocycles. The van der Waals surface area contributed by atoms with Gasteiger partial charge in [0.15, 0.2) is 17.2 Å². The van der Waals surface area contributed by atoms with Crippen molar-refractivity contribution in [3.63, 3.8) is 0 Å². The van der Waals surface area contributed by atoms with Crippen molar-refractivity contribution < 1.29 is 17.9 Å². The van der Waals surface area contributed by atoms with Crippen molar-refractivity contribution in [1.29, 1.82) is 0 Å². The summed E-state index contributed by atoms with van der Waals surface area (Å²) in [5.41, 5.74) is 6.13. The third kappa shape index (κ3) is 3.75. The van der Waals surface area contributed by atoms with E-state index in [1.165, 1.54) is 53.0 Å². The number of nitrogen functional groups attached to an aromatic ring is 1. The van der Waals surface area contributed by atoms with Crippen LogP contribution in [0.4, 0.5) is 19.0 Å². The number of fused-ring (bicyclic) bond motifs is 2. The lowest BCUT2D eigenvalue weighted by atomic mass is 10.1.